The topological polar surface area (TPSA) is 41.1 Å². The fraction of sp³-hybridized carbons (Fsp3) is 0.500. The third-order valence-electron chi connectivity index (χ3n) is 3.56. The Morgan fingerprint density at radius 3 is 2.58 bits per heavy atom. The first-order valence-electron chi connectivity index (χ1n) is 6.45. The first-order chi connectivity index (χ1) is 9.13. The number of rotatable bonds is 6. The summed E-state index contributed by atoms with van der Waals surface area (Å²) in [4.78, 5) is 11.7. The van der Waals surface area contributed by atoms with Gasteiger partial charge in [-0.1, -0.05) is 6.42 Å². The first-order valence-corrected chi connectivity index (χ1v) is 7.67. The highest BCUT2D eigenvalue weighted by Gasteiger charge is 2.35. The van der Waals surface area contributed by atoms with Gasteiger partial charge in [0.25, 0.3) is 0 Å². The number of hydrogen-bond donors (Lipinski definition) is 2. The molecule has 2 N–H and O–H groups in total. The van der Waals surface area contributed by atoms with Gasteiger partial charge >= 0.3 is 0 Å². The van der Waals surface area contributed by atoms with E-state index in [-0.39, 0.29) is 11.7 Å². The highest BCUT2D eigenvalue weighted by atomic mass is 32.2. The zero-order valence-corrected chi connectivity index (χ0v) is 11.9. The Kier molecular flexibility index (Phi) is 4.82. The molecule has 0 heterocycles. The molecule has 1 aromatic carbocycles. The Morgan fingerprint density at radius 1 is 1.37 bits per heavy atom. The van der Waals surface area contributed by atoms with Crippen LogP contribution >= 0.6 is 11.8 Å². The lowest BCUT2D eigenvalue weighted by Crippen LogP contribution is -2.45. The number of thioether (sulfide) groups is 1. The van der Waals surface area contributed by atoms with Gasteiger partial charge in [0.2, 0.25) is 5.91 Å². The Hall–Kier alpha value is -1.07. The minimum absolute atomic E-state index is 0.0952. The molecular formula is C14H19FN2OS. The van der Waals surface area contributed by atoms with Crippen LogP contribution in [0.3, 0.4) is 0 Å². The second-order valence-electron chi connectivity index (χ2n) is 4.90. The number of anilines is 1. The molecule has 0 saturated heterocycles. The van der Waals surface area contributed by atoms with E-state index in [0.717, 1.165) is 6.54 Å². The van der Waals surface area contributed by atoms with E-state index in [1.807, 2.05) is 11.8 Å². The number of halogens is 1. The molecule has 2 rings (SSSR count). The van der Waals surface area contributed by atoms with Gasteiger partial charge in [-0.15, -0.1) is 0 Å². The van der Waals surface area contributed by atoms with Crippen molar-refractivity contribution in [2.24, 2.45) is 0 Å². The van der Waals surface area contributed by atoms with E-state index >= 15 is 0 Å². The number of nitrogens with one attached hydrogen (secondary N) is 2. The molecule has 1 aliphatic carbocycles. The fourth-order valence-corrected chi connectivity index (χ4v) is 3.11. The van der Waals surface area contributed by atoms with E-state index in [2.05, 4.69) is 16.9 Å². The first kappa shape index (κ1) is 14.3. The smallest absolute Gasteiger partial charge is 0.238 e. The number of carbonyl (C=O) groups is 1. The van der Waals surface area contributed by atoms with Crippen LogP contribution in [-0.2, 0) is 4.79 Å². The minimum Gasteiger partial charge on any atom is -0.325 e. The summed E-state index contributed by atoms with van der Waals surface area (Å²) < 4.78 is 13.0. The predicted octanol–water partition coefficient (Wildman–Crippen LogP) is 2.64. The largest absolute Gasteiger partial charge is 0.325 e. The molecule has 19 heavy (non-hydrogen) atoms. The Bertz CT molecular complexity index is 426. The predicted molar refractivity (Wildman–Crippen MR) is 78.0 cm³/mol. The molecule has 0 spiro atoms. The maximum atomic E-state index is 12.7. The van der Waals surface area contributed by atoms with Gasteiger partial charge in [0.1, 0.15) is 5.82 Å². The van der Waals surface area contributed by atoms with Crippen molar-refractivity contribution >= 4 is 23.4 Å². The molecule has 0 unspecified atom stereocenters. The van der Waals surface area contributed by atoms with Crippen molar-refractivity contribution in [3.05, 3.63) is 30.1 Å². The zero-order valence-electron chi connectivity index (χ0n) is 11.0. The minimum atomic E-state index is -0.303. The molecule has 1 aromatic rings. The van der Waals surface area contributed by atoms with Crippen LogP contribution in [0.25, 0.3) is 0 Å². The summed E-state index contributed by atoms with van der Waals surface area (Å²) in [7, 11) is 0. The number of benzene rings is 1. The number of carbonyl (C=O) groups excluding carboxylic acids is 1. The van der Waals surface area contributed by atoms with E-state index in [4.69, 9.17) is 0 Å². The SMILES string of the molecule is CSC1(CNCC(=O)Nc2ccc(F)cc2)CCC1. The van der Waals surface area contributed by atoms with Gasteiger partial charge in [0.15, 0.2) is 0 Å². The van der Waals surface area contributed by atoms with E-state index in [1.54, 1.807) is 12.1 Å². The van der Waals surface area contributed by atoms with Crippen LogP contribution in [0.4, 0.5) is 10.1 Å². The molecule has 0 radical (unpaired) electrons. The molecular weight excluding hydrogens is 263 g/mol. The van der Waals surface area contributed by atoms with Crippen LogP contribution in [0.1, 0.15) is 19.3 Å². The third-order valence-corrected chi connectivity index (χ3v) is 4.98. The van der Waals surface area contributed by atoms with Crippen molar-refractivity contribution in [3.63, 3.8) is 0 Å². The summed E-state index contributed by atoms with van der Waals surface area (Å²) >= 11 is 1.88. The third kappa shape index (κ3) is 3.94. The van der Waals surface area contributed by atoms with E-state index in [1.165, 1.54) is 31.4 Å². The summed E-state index contributed by atoms with van der Waals surface area (Å²) in [6.45, 7) is 1.16. The van der Waals surface area contributed by atoms with Crippen molar-refractivity contribution in [2.75, 3.05) is 24.7 Å². The van der Waals surface area contributed by atoms with Crippen LogP contribution < -0.4 is 10.6 Å². The standard InChI is InChI=1S/C14H19FN2OS/c1-19-14(7-2-8-14)10-16-9-13(18)17-12-5-3-11(15)4-6-12/h3-6,16H,2,7-10H2,1H3,(H,17,18). The van der Waals surface area contributed by atoms with E-state index in [9.17, 15) is 9.18 Å². The Morgan fingerprint density at radius 2 is 2.05 bits per heavy atom. The highest BCUT2D eigenvalue weighted by Crippen LogP contribution is 2.42. The van der Waals surface area contributed by atoms with Crippen LogP contribution in [-0.4, -0.2) is 30.0 Å². The van der Waals surface area contributed by atoms with E-state index < -0.39 is 0 Å². The molecule has 3 nitrogen and oxygen atoms in total. The maximum Gasteiger partial charge on any atom is 0.238 e. The average molecular weight is 282 g/mol. The van der Waals surface area contributed by atoms with Gasteiger partial charge in [0.05, 0.1) is 6.54 Å². The lowest BCUT2D eigenvalue weighted by atomic mass is 9.84. The lowest BCUT2D eigenvalue weighted by Gasteiger charge is -2.40. The molecule has 1 amide bonds. The van der Waals surface area contributed by atoms with Gasteiger partial charge in [-0.2, -0.15) is 11.8 Å². The second kappa shape index (κ2) is 6.39. The van der Waals surface area contributed by atoms with Crippen molar-refractivity contribution in [1.82, 2.24) is 5.32 Å². The average Bonchev–Trinajstić information content (AvgIpc) is 2.35. The number of amides is 1. The van der Waals surface area contributed by atoms with Gasteiger partial charge < -0.3 is 10.6 Å². The van der Waals surface area contributed by atoms with Crippen molar-refractivity contribution in [1.29, 1.82) is 0 Å². The summed E-state index contributed by atoms with van der Waals surface area (Å²) in [5.41, 5.74) is 0.622. The molecule has 0 aliphatic heterocycles. The number of hydrogen-bond acceptors (Lipinski definition) is 3. The van der Waals surface area contributed by atoms with Crippen LogP contribution in [0.2, 0.25) is 0 Å². The molecule has 5 heteroatoms. The quantitative estimate of drug-likeness (QED) is 0.843. The summed E-state index contributed by atoms with van der Waals surface area (Å²) in [6, 6.07) is 5.78. The molecule has 1 fully saturated rings. The molecule has 104 valence electrons. The Balaban J connectivity index is 1.71. The molecule has 1 saturated carbocycles. The molecule has 0 aromatic heterocycles. The van der Waals surface area contributed by atoms with Crippen molar-refractivity contribution in [3.8, 4) is 0 Å². The summed E-state index contributed by atoms with van der Waals surface area (Å²) in [5.74, 6) is -0.398. The van der Waals surface area contributed by atoms with Crippen molar-refractivity contribution in [2.45, 2.75) is 24.0 Å². The van der Waals surface area contributed by atoms with Crippen LogP contribution in [0.5, 0.6) is 0 Å². The van der Waals surface area contributed by atoms with Crippen molar-refractivity contribution < 1.29 is 9.18 Å². The second-order valence-corrected chi connectivity index (χ2v) is 6.17. The normalized spacial score (nSPS) is 16.7. The van der Waals surface area contributed by atoms with Crippen LogP contribution in [0.15, 0.2) is 24.3 Å². The van der Waals surface area contributed by atoms with Gasteiger partial charge in [-0.05, 0) is 43.4 Å². The van der Waals surface area contributed by atoms with Crippen LogP contribution in [0, 0.1) is 5.82 Å². The Labute approximate surface area is 117 Å². The molecule has 1 aliphatic rings. The monoisotopic (exact) mass is 282 g/mol. The maximum absolute atomic E-state index is 12.7. The lowest BCUT2D eigenvalue weighted by molar-refractivity contribution is -0.115. The van der Waals surface area contributed by atoms with Gasteiger partial charge in [-0.3, -0.25) is 4.79 Å². The molecule has 0 atom stereocenters. The summed E-state index contributed by atoms with van der Waals surface area (Å²) in [5, 5.41) is 5.94. The zero-order chi connectivity index (χ0) is 13.7. The highest BCUT2D eigenvalue weighted by molar-refractivity contribution is 8.00. The summed E-state index contributed by atoms with van der Waals surface area (Å²) in [6.07, 6.45) is 5.85. The van der Waals surface area contributed by atoms with Gasteiger partial charge in [-0.25, -0.2) is 4.39 Å². The van der Waals surface area contributed by atoms with Gasteiger partial charge in [0, 0.05) is 17.0 Å². The van der Waals surface area contributed by atoms with E-state index in [0.29, 0.717) is 17.0 Å². The molecule has 0 bridgehead atoms. The fourth-order valence-electron chi connectivity index (χ4n) is 2.17.